The fourth-order valence-corrected chi connectivity index (χ4v) is 9.63. The smallest absolute Gasteiger partial charge is 0.306 e. The highest BCUT2D eigenvalue weighted by Gasteiger charge is 2.19. The maximum Gasteiger partial charge on any atom is 0.306 e. The fourth-order valence-electron chi connectivity index (χ4n) is 9.63. The summed E-state index contributed by atoms with van der Waals surface area (Å²) in [6.07, 6.45) is 62.4. The minimum Gasteiger partial charge on any atom is -0.462 e. The summed E-state index contributed by atoms with van der Waals surface area (Å²) in [4.78, 5) is 38.2. The number of carbonyl (C=O) groups excluding carboxylic acids is 3. The van der Waals surface area contributed by atoms with Gasteiger partial charge in [0.2, 0.25) is 0 Å². The summed E-state index contributed by atoms with van der Waals surface area (Å²) in [7, 11) is 0. The van der Waals surface area contributed by atoms with E-state index in [0.717, 1.165) is 63.7 Å². The molecule has 0 radical (unpaired) electrons. The molecule has 0 N–H and O–H groups in total. The van der Waals surface area contributed by atoms with E-state index in [1.165, 1.54) is 250 Å². The van der Waals surface area contributed by atoms with Gasteiger partial charge >= 0.3 is 17.9 Å². The Morgan fingerprint density at radius 1 is 0.279 bits per heavy atom. The summed E-state index contributed by atoms with van der Waals surface area (Å²) >= 11 is 0. The summed E-state index contributed by atoms with van der Waals surface area (Å²) in [5.41, 5.74) is 0. The van der Waals surface area contributed by atoms with Gasteiger partial charge in [-0.25, -0.2) is 0 Å². The van der Waals surface area contributed by atoms with Crippen molar-refractivity contribution >= 4 is 17.9 Å². The van der Waals surface area contributed by atoms with Gasteiger partial charge in [-0.05, 0) is 25.2 Å². The molecule has 0 aliphatic rings. The van der Waals surface area contributed by atoms with Gasteiger partial charge in [-0.1, -0.05) is 317 Å². The highest BCUT2D eigenvalue weighted by Crippen LogP contribution is 2.18. The third kappa shape index (κ3) is 55.3. The van der Waals surface area contributed by atoms with Crippen LogP contribution in [0.4, 0.5) is 0 Å². The Balaban J connectivity index is 4.28. The SMILES string of the molecule is CCCCCCCCCCCCCCCCCCCCC(=O)OC[C@@H](COC(=O)CCCCCCCCCCCCCCCCC(C)C)OC(=O)CCCCCCCCCCCCCCCCC. The van der Waals surface area contributed by atoms with Crippen LogP contribution in [0.1, 0.15) is 355 Å². The van der Waals surface area contributed by atoms with Crippen LogP contribution in [0.2, 0.25) is 0 Å². The zero-order valence-corrected chi connectivity index (χ0v) is 46.6. The Bertz CT molecular complexity index is 1030. The standard InChI is InChI=1S/C62H120O6/c1-5-7-9-11-13-15-17-19-21-22-23-25-29-33-37-41-45-49-53-60(63)66-56-59(68-62(65)55-51-47-43-39-35-31-24-20-18-16-14-12-10-8-6-2)57-67-61(64)54-50-46-42-38-34-30-27-26-28-32-36-40-44-48-52-58(3)4/h58-59H,5-57H2,1-4H3/t59-/m0/s1. The molecule has 0 saturated heterocycles. The normalized spacial score (nSPS) is 12.0. The topological polar surface area (TPSA) is 78.9 Å². The van der Waals surface area contributed by atoms with Crippen molar-refractivity contribution in [3.05, 3.63) is 0 Å². The fraction of sp³-hybridized carbons (Fsp3) is 0.952. The van der Waals surface area contributed by atoms with Crippen LogP contribution in [0.15, 0.2) is 0 Å². The lowest BCUT2D eigenvalue weighted by Gasteiger charge is -2.18. The molecule has 1 atom stereocenters. The van der Waals surface area contributed by atoms with Gasteiger partial charge in [0.05, 0.1) is 0 Å². The van der Waals surface area contributed by atoms with Gasteiger partial charge in [0.15, 0.2) is 6.10 Å². The number of unbranched alkanes of at least 4 members (excludes halogenated alkanes) is 44. The third-order valence-corrected chi connectivity index (χ3v) is 14.3. The van der Waals surface area contributed by atoms with Crippen molar-refractivity contribution in [2.45, 2.75) is 361 Å². The molecule has 0 amide bonds. The molecule has 0 aromatic heterocycles. The molecule has 0 aromatic rings. The number of hydrogen-bond acceptors (Lipinski definition) is 6. The molecule has 0 aliphatic carbocycles. The van der Waals surface area contributed by atoms with E-state index < -0.39 is 6.10 Å². The first-order chi connectivity index (χ1) is 33.4. The lowest BCUT2D eigenvalue weighted by molar-refractivity contribution is -0.167. The Hall–Kier alpha value is -1.59. The van der Waals surface area contributed by atoms with Crippen LogP contribution < -0.4 is 0 Å². The molecule has 6 heteroatoms. The first-order valence-electron chi connectivity index (χ1n) is 30.9. The molecule has 0 heterocycles. The quantitative estimate of drug-likeness (QED) is 0.0343. The molecular weight excluding hydrogens is 841 g/mol. The maximum atomic E-state index is 12.9. The highest BCUT2D eigenvalue weighted by molar-refractivity contribution is 5.71. The van der Waals surface area contributed by atoms with Crippen LogP contribution in [-0.4, -0.2) is 37.2 Å². The molecule has 0 aliphatic heterocycles. The summed E-state index contributed by atoms with van der Waals surface area (Å²) in [6.45, 7) is 9.08. The summed E-state index contributed by atoms with van der Waals surface area (Å²) in [5, 5.41) is 0. The second-order valence-corrected chi connectivity index (χ2v) is 21.8. The van der Waals surface area contributed by atoms with Crippen LogP contribution in [0, 0.1) is 5.92 Å². The lowest BCUT2D eigenvalue weighted by Crippen LogP contribution is -2.30. The zero-order valence-electron chi connectivity index (χ0n) is 46.6. The first-order valence-corrected chi connectivity index (χ1v) is 30.9. The average Bonchev–Trinajstić information content (AvgIpc) is 3.32. The predicted octanol–water partition coefficient (Wildman–Crippen LogP) is 20.6. The Labute approximate surface area is 425 Å². The van der Waals surface area contributed by atoms with E-state index in [-0.39, 0.29) is 31.1 Å². The van der Waals surface area contributed by atoms with Gasteiger partial charge in [-0.15, -0.1) is 0 Å². The van der Waals surface area contributed by atoms with E-state index in [1.807, 2.05) is 0 Å². The van der Waals surface area contributed by atoms with Gasteiger partial charge in [0.1, 0.15) is 13.2 Å². The van der Waals surface area contributed by atoms with Crippen molar-refractivity contribution in [2.24, 2.45) is 5.92 Å². The largest absolute Gasteiger partial charge is 0.462 e. The Morgan fingerprint density at radius 2 is 0.485 bits per heavy atom. The third-order valence-electron chi connectivity index (χ3n) is 14.3. The second-order valence-electron chi connectivity index (χ2n) is 21.8. The molecule has 0 rings (SSSR count). The molecule has 0 bridgehead atoms. The van der Waals surface area contributed by atoms with Crippen molar-refractivity contribution in [3.8, 4) is 0 Å². The number of esters is 3. The van der Waals surface area contributed by atoms with E-state index in [2.05, 4.69) is 27.7 Å². The highest BCUT2D eigenvalue weighted by atomic mass is 16.6. The molecule has 0 unspecified atom stereocenters. The number of carbonyl (C=O) groups is 3. The van der Waals surface area contributed by atoms with Gasteiger partial charge < -0.3 is 14.2 Å². The van der Waals surface area contributed by atoms with E-state index >= 15 is 0 Å². The van der Waals surface area contributed by atoms with Gasteiger partial charge in [0, 0.05) is 19.3 Å². The second kappa shape index (κ2) is 56.3. The van der Waals surface area contributed by atoms with Crippen molar-refractivity contribution in [2.75, 3.05) is 13.2 Å². The van der Waals surface area contributed by atoms with Crippen LogP contribution >= 0.6 is 0 Å². The van der Waals surface area contributed by atoms with Crippen LogP contribution in [0.3, 0.4) is 0 Å². The first kappa shape index (κ1) is 66.4. The molecule has 0 fully saturated rings. The minimum absolute atomic E-state index is 0.0613. The minimum atomic E-state index is -0.762. The van der Waals surface area contributed by atoms with Crippen LogP contribution in [-0.2, 0) is 28.6 Å². The predicted molar refractivity (Wildman–Crippen MR) is 293 cm³/mol. The van der Waals surface area contributed by atoms with Crippen molar-refractivity contribution in [3.63, 3.8) is 0 Å². The zero-order chi connectivity index (χ0) is 49.5. The molecule has 0 aromatic carbocycles. The number of ether oxygens (including phenoxy) is 3. The molecule has 0 spiro atoms. The number of hydrogen-bond donors (Lipinski definition) is 0. The monoisotopic (exact) mass is 961 g/mol. The van der Waals surface area contributed by atoms with E-state index in [1.54, 1.807) is 0 Å². The van der Waals surface area contributed by atoms with Crippen molar-refractivity contribution < 1.29 is 28.6 Å². The molecule has 404 valence electrons. The Kier molecular flexibility index (Phi) is 55.0. The number of rotatable bonds is 57. The Morgan fingerprint density at radius 3 is 0.721 bits per heavy atom. The molecule has 68 heavy (non-hydrogen) atoms. The van der Waals surface area contributed by atoms with E-state index in [4.69, 9.17) is 14.2 Å². The summed E-state index contributed by atoms with van der Waals surface area (Å²) < 4.78 is 16.9. The molecule has 6 nitrogen and oxygen atoms in total. The van der Waals surface area contributed by atoms with Gasteiger partial charge in [-0.3, -0.25) is 14.4 Å². The summed E-state index contributed by atoms with van der Waals surface area (Å²) in [5.74, 6) is 0.0150. The van der Waals surface area contributed by atoms with Crippen molar-refractivity contribution in [1.29, 1.82) is 0 Å². The van der Waals surface area contributed by atoms with Gasteiger partial charge in [-0.2, -0.15) is 0 Å². The van der Waals surface area contributed by atoms with E-state index in [9.17, 15) is 14.4 Å². The van der Waals surface area contributed by atoms with Crippen LogP contribution in [0.25, 0.3) is 0 Å². The lowest BCUT2D eigenvalue weighted by atomic mass is 10.0. The molecule has 0 saturated carbocycles. The van der Waals surface area contributed by atoms with Gasteiger partial charge in [0.25, 0.3) is 0 Å². The van der Waals surface area contributed by atoms with Crippen molar-refractivity contribution in [1.82, 2.24) is 0 Å². The summed E-state index contributed by atoms with van der Waals surface area (Å²) in [6, 6.07) is 0. The average molecular weight is 962 g/mol. The maximum absolute atomic E-state index is 12.9. The van der Waals surface area contributed by atoms with Crippen LogP contribution in [0.5, 0.6) is 0 Å². The van der Waals surface area contributed by atoms with E-state index in [0.29, 0.717) is 19.3 Å². The molecular formula is C62H120O6.